The molecule has 2 aromatic heterocycles. The third-order valence-corrected chi connectivity index (χ3v) is 6.43. The summed E-state index contributed by atoms with van der Waals surface area (Å²) in [5.41, 5.74) is 3.25. The van der Waals surface area contributed by atoms with E-state index in [9.17, 15) is 8.42 Å². The number of fused-ring (bicyclic) bond motifs is 3. The summed E-state index contributed by atoms with van der Waals surface area (Å²) < 4.78 is 25.3. The third kappa shape index (κ3) is 2.27. The highest BCUT2D eigenvalue weighted by atomic mass is 32.2. The lowest BCUT2D eigenvalue weighted by molar-refractivity contribution is 0.602. The number of imidazole rings is 1. The van der Waals surface area contributed by atoms with E-state index in [0.717, 1.165) is 22.6 Å². The van der Waals surface area contributed by atoms with E-state index in [1.807, 2.05) is 12.1 Å². The van der Waals surface area contributed by atoms with E-state index in [-0.39, 0.29) is 0 Å². The zero-order valence-corrected chi connectivity index (χ0v) is 13.9. The fraction of sp³-hybridized carbons (Fsp3) is 0.312. The Labute approximate surface area is 133 Å². The predicted octanol–water partition coefficient (Wildman–Crippen LogP) is 3.35. The predicted molar refractivity (Wildman–Crippen MR) is 88.3 cm³/mol. The highest BCUT2D eigenvalue weighted by Crippen LogP contribution is 2.32. The number of sulfone groups is 1. The van der Waals surface area contributed by atoms with Crippen LogP contribution in [-0.4, -0.2) is 24.1 Å². The lowest BCUT2D eigenvalue weighted by Crippen LogP contribution is -2.01. The van der Waals surface area contributed by atoms with Crippen LogP contribution in [0.5, 0.6) is 0 Å². The van der Waals surface area contributed by atoms with E-state index in [1.54, 1.807) is 23.5 Å². The normalized spacial score (nSPS) is 15.1. The summed E-state index contributed by atoms with van der Waals surface area (Å²) in [6.45, 7) is 0. The van der Waals surface area contributed by atoms with Crippen LogP contribution in [0.1, 0.15) is 23.4 Å². The minimum atomic E-state index is -3.15. The Kier molecular flexibility index (Phi) is 3.13. The maximum atomic E-state index is 11.5. The van der Waals surface area contributed by atoms with E-state index in [4.69, 9.17) is 4.98 Å². The van der Waals surface area contributed by atoms with Gasteiger partial charge in [-0.3, -0.25) is 4.40 Å². The van der Waals surface area contributed by atoms with Crippen molar-refractivity contribution in [3.63, 3.8) is 0 Å². The topological polar surface area (TPSA) is 51.4 Å². The average molecular weight is 332 g/mol. The summed E-state index contributed by atoms with van der Waals surface area (Å²) in [6.07, 6.45) is 8.11. The van der Waals surface area contributed by atoms with Crippen molar-refractivity contribution in [3.8, 4) is 11.3 Å². The first-order valence-corrected chi connectivity index (χ1v) is 10.0. The molecule has 0 atom stereocenters. The van der Waals surface area contributed by atoms with Crippen molar-refractivity contribution in [2.75, 3.05) is 6.26 Å². The molecule has 3 aromatic rings. The Morgan fingerprint density at radius 2 is 1.86 bits per heavy atom. The van der Waals surface area contributed by atoms with Crippen LogP contribution in [0.4, 0.5) is 0 Å². The molecular formula is C16H16N2O2S2. The molecule has 0 aliphatic heterocycles. The molecule has 0 unspecified atom stereocenters. The molecule has 4 rings (SSSR count). The van der Waals surface area contributed by atoms with Gasteiger partial charge in [0.1, 0.15) is 0 Å². The first kappa shape index (κ1) is 14.0. The zero-order valence-electron chi connectivity index (χ0n) is 12.2. The van der Waals surface area contributed by atoms with Crippen molar-refractivity contribution < 1.29 is 8.42 Å². The second kappa shape index (κ2) is 4.93. The largest absolute Gasteiger partial charge is 0.294 e. The highest BCUT2D eigenvalue weighted by molar-refractivity contribution is 7.90. The molecule has 0 fully saturated rings. The van der Waals surface area contributed by atoms with Gasteiger partial charge < -0.3 is 0 Å². The molecule has 1 aliphatic rings. The second-order valence-corrected chi connectivity index (χ2v) is 8.83. The van der Waals surface area contributed by atoms with Gasteiger partial charge in [0.2, 0.25) is 0 Å². The number of aromatic nitrogens is 2. The van der Waals surface area contributed by atoms with Crippen LogP contribution < -0.4 is 0 Å². The van der Waals surface area contributed by atoms with Gasteiger partial charge >= 0.3 is 0 Å². The number of hydrogen-bond donors (Lipinski definition) is 0. The average Bonchev–Trinajstić information content (AvgIpc) is 3.04. The maximum absolute atomic E-state index is 11.5. The first-order chi connectivity index (χ1) is 10.5. The molecule has 1 aliphatic carbocycles. The van der Waals surface area contributed by atoms with Crippen LogP contribution in [0, 0.1) is 0 Å². The summed E-state index contributed by atoms with van der Waals surface area (Å²) in [4.78, 5) is 7.56. The van der Waals surface area contributed by atoms with Crippen LogP contribution in [0.25, 0.3) is 16.2 Å². The summed E-state index contributed by atoms with van der Waals surface area (Å²) in [5, 5.41) is 0. The summed E-state index contributed by atoms with van der Waals surface area (Å²) in [7, 11) is -3.15. The number of benzene rings is 1. The molecule has 0 saturated carbocycles. The number of hydrogen-bond acceptors (Lipinski definition) is 4. The van der Waals surface area contributed by atoms with E-state index in [0.29, 0.717) is 4.90 Å². The first-order valence-electron chi connectivity index (χ1n) is 7.32. The monoisotopic (exact) mass is 332 g/mol. The smallest absolute Gasteiger partial charge is 0.194 e. The molecule has 0 saturated heterocycles. The van der Waals surface area contributed by atoms with Gasteiger partial charge in [0.15, 0.2) is 14.8 Å². The van der Waals surface area contributed by atoms with Crippen molar-refractivity contribution in [1.82, 2.24) is 9.38 Å². The van der Waals surface area contributed by atoms with Crippen LogP contribution >= 0.6 is 11.3 Å². The molecule has 1 aromatic carbocycles. The van der Waals surface area contributed by atoms with Gasteiger partial charge in [-0.15, -0.1) is 11.3 Å². The molecule has 0 N–H and O–H groups in total. The van der Waals surface area contributed by atoms with Crippen molar-refractivity contribution in [3.05, 3.63) is 41.0 Å². The van der Waals surface area contributed by atoms with Crippen molar-refractivity contribution in [2.24, 2.45) is 0 Å². The van der Waals surface area contributed by atoms with Crippen molar-refractivity contribution in [1.29, 1.82) is 0 Å². The molecule has 114 valence electrons. The Bertz CT molecular complexity index is 950. The minimum absolute atomic E-state index is 0.342. The fourth-order valence-electron chi connectivity index (χ4n) is 2.98. The molecule has 0 spiro atoms. The quantitative estimate of drug-likeness (QED) is 0.723. The third-order valence-electron chi connectivity index (χ3n) is 4.15. The van der Waals surface area contributed by atoms with E-state index >= 15 is 0 Å². The maximum Gasteiger partial charge on any atom is 0.194 e. The van der Waals surface area contributed by atoms with Gasteiger partial charge in [0, 0.05) is 28.6 Å². The molecule has 2 heterocycles. The Morgan fingerprint density at radius 3 is 2.59 bits per heavy atom. The number of thiazole rings is 1. The Morgan fingerprint density at radius 1 is 1.14 bits per heavy atom. The molecule has 22 heavy (non-hydrogen) atoms. The van der Waals surface area contributed by atoms with Gasteiger partial charge in [-0.05, 0) is 37.8 Å². The summed E-state index contributed by atoms with van der Waals surface area (Å²) in [6, 6.07) is 6.95. The molecular weight excluding hydrogens is 316 g/mol. The standard InChI is InChI=1S/C16H16N2O2S2/c1-22(19,20)12-8-6-11(7-9-12)13-10-18-14-4-2-3-5-15(14)21-16(18)17-13/h6-10H,2-5H2,1H3. The Hall–Kier alpha value is -1.66. The molecule has 4 nitrogen and oxygen atoms in total. The number of rotatable bonds is 2. The van der Waals surface area contributed by atoms with Gasteiger partial charge in [-0.1, -0.05) is 12.1 Å². The molecule has 6 heteroatoms. The van der Waals surface area contributed by atoms with Gasteiger partial charge in [-0.2, -0.15) is 0 Å². The van der Waals surface area contributed by atoms with Gasteiger partial charge in [0.05, 0.1) is 10.6 Å². The summed E-state index contributed by atoms with van der Waals surface area (Å²) in [5.74, 6) is 0. The van der Waals surface area contributed by atoms with E-state index in [1.165, 1.54) is 36.1 Å². The van der Waals surface area contributed by atoms with Crippen molar-refractivity contribution in [2.45, 2.75) is 30.6 Å². The van der Waals surface area contributed by atoms with Crippen LogP contribution in [0.2, 0.25) is 0 Å². The highest BCUT2D eigenvalue weighted by Gasteiger charge is 2.18. The van der Waals surface area contributed by atoms with Gasteiger partial charge in [-0.25, -0.2) is 13.4 Å². The van der Waals surface area contributed by atoms with E-state index < -0.39 is 9.84 Å². The van der Waals surface area contributed by atoms with Crippen LogP contribution in [-0.2, 0) is 22.7 Å². The lowest BCUT2D eigenvalue weighted by Gasteiger charge is -2.09. The molecule has 0 bridgehead atoms. The number of aryl methyl sites for hydroxylation is 2. The molecule has 0 radical (unpaired) electrons. The fourth-order valence-corrected chi connectivity index (χ4v) is 4.80. The Balaban J connectivity index is 1.76. The van der Waals surface area contributed by atoms with E-state index in [2.05, 4.69) is 10.6 Å². The summed E-state index contributed by atoms with van der Waals surface area (Å²) >= 11 is 1.78. The van der Waals surface area contributed by atoms with Gasteiger partial charge in [0.25, 0.3) is 0 Å². The lowest BCUT2D eigenvalue weighted by atomic mass is 10.0. The van der Waals surface area contributed by atoms with Crippen LogP contribution in [0.3, 0.4) is 0 Å². The zero-order chi connectivity index (χ0) is 15.3. The SMILES string of the molecule is CS(=O)(=O)c1ccc(-c2cn3c4c(sc3n2)CCCC4)cc1. The van der Waals surface area contributed by atoms with Crippen LogP contribution in [0.15, 0.2) is 35.4 Å². The van der Waals surface area contributed by atoms with Crippen molar-refractivity contribution >= 4 is 26.1 Å². The number of nitrogens with zero attached hydrogens (tertiary/aromatic N) is 2. The minimum Gasteiger partial charge on any atom is -0.294 e. The second-order valence-electron chi connectivity index (χ2n) is 5.75. The molecule has 0 amide bonds.